The Morgan fingerprint density at radius 3 is 2.83 bits per heavy atom. The van der Waals surface area contributed by atoms with Gasteiger partial charge in [0.1, 0.15) is 0 Å². The summed E-state index contributed by atoms with van der Waals surface area (Å²) in [5.41, 5.74) is 3.53. The van der Waals surface area contributed by atoms with Gasteiger partial charge in [0.15, 0.2) is 0 Å². The average molecular weight is 323 g/mol. The summed E-state index contributed by atoms with van der Waals surface area (Å²) in [6.45, 7) is 4.09. The molecule has 1 aliphatic rings. The van der Waals surface area contributed by atoms with Crippen LogP contribution in [0.2, 0.25) is 0 Å². The molecule has 0 radical (unpaired) electrons. The Hall–Kier alpha value is -2.20. The van der Waals surface area contributed by atoms with Crippen LogP contribution >= 0.6 is 0 Å². The first-order chi connectivity index (χ1) is 11.7. The first-order valence-electron chi connectivity index (χ1n) is 8.67. The van der Waals surface area contributed by atoms with Gasteiger partial charge < -0.3 is 5.32 Å². The van der Waals surface area contributed by atoms with E-state index in [0.717, 1.165) is 18.7 Å². The number of likely N-dealkylation sites (tertiary alicyclic amines) is 1. The molecule has 24 heavy (non-hydrogen) atoms. The zero-order chi connectivity index (χ0) is 16.8. The molecule has 1 fully saturated rings. The Balaban J connectivity index is 1.50. The van der Waals surface area contributed by atoms with E-state index in [4.69, 9.17) is 0 Å². The Bertz CT molecular complexity index is 654. The van der Waals surface area contributed by atoms with E-state index in [0.29, 0.717) is 19.1 Å². The molecular weight excluding hydrogens is 298 g/mol. The van der Waals surface area contributed by atoms with Crippen molar-refractivity contribution < 1.29 is 4.79 Å². The fraction of sp³-hybridized carbons (Fsp3) is 0.400. The van der Waals surface area contributed by atoms with Gasteiger partial charge in [-0.05, 0) is 50.4 Å². The van der Waals surface area contributed by atoms with Crippen molar-refractivity contribution in [3.8, 4) is 0 Å². The number of aryl methyl sites for hydroxylation is 1. The summed E-state index contributed by atoms with van der Waals surface area (Å²) in [7, 11) is 0. The van der Waals surface area contributed by atoms with Crippen molar-refractivity contribution in [3.63, 3.8) is 0 Å². The van der Waals surface area contributed by atoms with E-state index in [9.17, 15) is 4.79 Å². The molecular formula is C20H25N3O. The molecule has 1 aromatic carbocycles. The molecule has 1 aromatic heterocycles. The van der Waals surface area contributed by atoms with Crippen molar-refractivity contribution in [3.05, 3.63) is 65.5 Å². The van der Waals surface area contributed by atoms with Gasteiger partial charge in [0.2, 0.25) is 5.91 Å². The number of amides is 1. The monoisotopic (exact) mass is 323 g/mol. The molecule has 1 saturated heterocycles. The molecule has 0 aliphatic carbocycles. The molecule has 2 aromatic rings. The van der Waals surface area contributed by atoms with Gasteiger partial charge in [-0.15, -0.1) is 0 Å². The van der Waals surface area contributed by atoms with Crippen LogP contribution in [0, 0.1) is 6.92 Å². The summed E-state index contributed by atoms with van der Waals surface area (Å²) in [5.74, 6) is 0.0801. The molecule has 1 amide bonds. The number of rotatable bonds is 6. The van der Waals surface area contributed by atoms with Crippen molar-refractivity contribution in [2.75, 3.05) is 13.1 Å². The highest BCUT2D eigenvalue weighted by molar-refractivity contribution is 5.78. The van der Waals surface area contributed by atoms with Crippen molar-refractivity contribution in [2.24, 2.45) is 0 Å². The zero-order valence-electron chi connectivity index (χ0n) is 14.2. The summed E-state index contributed by atoms with van der Waals surface area (Å²) in [6, 6.07) is 14.9. The average Bonchev–Trinajstić information content (AvgIpc) is 3.03. The molecule has 1 unspecified atom stereocenters. The van der Waals surface area contributed by atoms with Crippen LogP contribution in [-0.4, -0.2) is 34.9 Å². The molecule has 1 atom stereocenters. The van der Waals surface area contributed by atoms with Gasteiger partial charge >= 0.3 is 0 Å². The van der Waals surface area contributed by atoms with Gasteiger partial charge in [0.25, 0.3) is 0 Å². The fourth-order valence-corrected chi connectivity index (χ4v) is 3.26. The maximum atomic E-state index is 12.2. The van der Waals surface area contributed by atoms with Crippen LogP contribution in [0.4, 0.5) is 0 Å². The maximum Gasteiger partial charge on any atom is 0.234 e. The summed E-state index contributed by atoms with van der Waals surface area (Å²) in [6.07, 6.45) is 5.11. The van der Waals surface area contributed by atoms with Crippen molar-refractivity contribution >= 4 is 5.91 Å². The SMILES string of the molecule is Cc1ccc(CC2CCCN2CC(=O)NCc2ccccn2)cc1. The first kappa shape index (κ1) is 16.7. The number of benzene rings is 1. The van der Waals surface area contributed by atoms with Crippen molar-refractivity contribution in [1.29, 1.82) is 0 Å². The minimum absolute atomic E-state index is 0.0801. The minimum Gasteiger partial charge on any atom is -0.349 e. The summed E-state index contributed by atoms with van der Waals surface area (Å²) in [5, 5.41) is 2.97. The van der Waals surface area contributed by atoms with Crippen LogP contribution in [0.25, 0.3) is 0 Å². The largest absolute Gasteiger partial charge is 0.349 e. The lowest BCUT2D eigenvalue weighted by Crippen LogP contribution is -2.40. The zero-order valence-corrected chi connectivity index (χ0v) is 14.2. The van der Waals surface area contributed by atoms with E-state index < -0.39 is 0 Å². The molecule has 4 nitrogen and oxygen atoms in total. The highest BCUT2D eigenvalue weighted by Gasteiger charge is 2.26. The number of aromatic nitrogens is 1. The second kappa shape index (κ2) is 8.06. The molecule has 4 heteroatoms. The highest BCUT2D eigenvalue weighted by Crippen LogP contribution is 2.21. The molecule has 1 aliphatic heterocycles. The number of nitrogens with zero attached hydrogens (tertiary/aromatic N) is 2. The fourth-order valence-electron chi connectivity index (χ4n) is 3.26. The minimum atomic E-state index is 0.0801. The van der Waals surface area contributed by atoms with Crippen molar-refractivity contribution in [1.82, 2.24) is 15.2 Å². The van der Waals surface area contributed by atoms with Gasteiger partial charge in [-0.25, -0.2) is 0 Å². The Morgan fingerprint density at radius 2 is 2.08 bits per heavy atom. The van der Waals surface area contributed by atoms with Crippen LogP contribution in [0.1, 0.15) is 29.7 Å². The predicted octanol–water partition coefficient (Wildman–Crippen LogP) is 2.71. The molecule has 2 heterocycles. The summed E-state index contributed by atoms with van der Waals surface area (Å²) >= 11 is 0. The number of carbonyl (C=O) groups is 1. The predicted molar refractivity (Wildman–Crippen MR) is 95.6 cm³/mol. The number of pyridine rings is 1. The standard InChI is InChI=1S/C20H25N3O/c1-16-7-9-17(10-8-16)13-19-6-4-12-23(19)15-20(24)22-14-18-5-2-3-11-21-18/h2-3,5,7-11,19H,4,6,12-15H2,1H3,(H,22,24). The second-order valence-electron chi connectivity index (χ2n) is 6.55. The number of hydrogen-bond acceptors (Lipinski definition) is 3. The van der Waals surface area contributed by atoms with Gasteiger partial charge in [-0.1, -0.05) is 35.9 Å². The third kappa shape index (κ3) is 4.65. The van der Waals surface area contributed by atoms with Gasteiger partial charge in [0.05, 0.1) is 18.8 Å². The molecule has 0 spiro atoms. The van der Waals surface area contributed by atoms with Gasteiger partial charge in [0, 0.05) is 12.2 Å². The Kier molecular flexibility index (Phi) is 5.59. The third-order valence-electron chi connectivity index (χ3n) is 4.63. The lowest BCUT2D eigenvalue weighted by atomic mass is 10.0. The Morgan fingerprint density at radius 1 is 1.25 bits per heavy atom. The van der Waals surface area contributed by atoms with Crippen LogP contribution in [0.15, 0.2) is 48.7 Å². The van der Waals surface area contributed by atoms with Gasteiger partial charge in [-0.3, -0.25) is 14.7 Å². The van der Waals surface area contributed by atoms with Crippen LogP contribution in [0.3, 0.4) is 0 Å². The molecule has 126 valence electrons. The molecule has 0 bridgehead atoms. The van der Waals surface area contributed by atoms with E-state index >= 15 is 0 Å². The molecule has 3 rings (SSSR count). The number of hydrogen-bond donors (Lipinski definition) is 1. The second-order valence-corrected chi connectivity index (χ2v) is 6.55. The van der Waals surface area contributed by atoms with Crippen LogP contribution in [0.5, 0.6) is 0 Å². The van der Waals surface area contributed by atoms with Gasteiger partial charge in [-0.2, -0.15) is 0 Å². The quantitative estimate of drug-likeness (QED) is 0.889. The van der Waals surface area contributed by atoms with E-state index in [2.05, 4.69) is 46.4 Å². The molecule has 0 saturated carbocycles. The lowest BCUT2D eigenvalue weighted by molar-refractivity contribution is -0.122. The third-order valence-corrected chi connectivity index (χ3v) is 4.63. The van der Waals surface area contributed by atoms with E-state index in [-0.39, 0.29) is 5.91 Å². The Labute approximate surface area is 143 Å². The van der Waals surface area contributed by atoms with E-state index in [1.165, 1.54) is 24.0 Å². The molecule has 1 N–H and O–H groups in total. The number of nitrogens with one attached hydrogen (secondary N) is 1. The topological polar surface area (TPSA) is 45.2 Å². The first-order valence-corrected chi connectivity index (χ1v) is 8.67. The van der Waals surface area contributed by atoms with Crippen LogP contribution < -0.4 is 5.32 Å². The summed E-state index contributed by atoms with van der Waals surface area (Å²) < 4.78 is 0. The highest BCUT2D eigenvalue weighted by atomic mass is 16.2. The van der Waals surface area contributed by atoms with Crippen molar-refractivity contribution in [2.45, 2.75) is 38.8 Å². The summed E-state index contributed by atoms with van der Waals surface area (Å²) in [4.78, 5) is 18.8. The van der Waals surface area contributed by atoms with Crippen LogP contribution in [-0.2, 0) is 17.8 Å². The van der Waals surface area contributed by atoms with E-state index in [1.54, 1.807) is 6.20 Å². The normalized spacial score (nSPS) is 17.8. The maximum absolute atomic E-state index is 12.2. The number of carbonyl (C=O) groups excluding carboxylic acids is 1. The lowest BCUT2D eigenvalue weighted by Gasteiger charge is -2.24. The smallest absolute Gasteiger partial charge is 0.234 e. The van der Waals surface area contributed by atoms with E-state index in [1.807, 2.05) is 18.2 Å².